The van der Waals surface area contributed by atoms with E-state index in [9.17, 15) is 39.6 Å². The molecule has 200 valence electrons. The minimum absolute atomic E-state index is 0.268. The van der Waals surface area contributed by atoms with Crippen molar-refractivity contribution in [3.63, 3.8) is 0 Å². The van der Waals surface area contributed by atoms with Crippen LogP contribution in [0.1, 0.15) is 55.7 Å². The van der Waals surface area contributed by atoms with Gasteiger partial charge in [0, 0.05) is 18.9 Å². The van der Waals surface area contributed by atoms with Gasteiger partial charge >= 0.3 is 18.1 Å². The minimum atomic E-state index is -5.70. The minimum Gasteiger partial charge on any atom is -0.469 e. The number of sulfonamides is 1. The van der Waals surface area contributed by atoms with Crippen LogP contribution in [-0.2, 0) is 26.0 Å². The van der Waals surface area contributed by atoms with Crippen LogP contribution in [0.4, 0.5) is 26.3 Å². The Hall–Kier alpha value is -2.60. The van der Waals surface area contributed by atoms with Gasteiger partial charge in [-0.2, -0.15) is 22.0 Å². The third-order valence-electron chi connectivity index (χ3n) is 5.53. The second-order valence-electron chi connectivity index (χ2n) is 8.25. The number of hydrogen-bond acceptors (Lipinski definition) is 4. The molecule has 0 fully saturated rings. The lowest BCUT2D eigenvalue weighted by molar-refractivity contribution is -0.284. The molecule has 36 heavy (non-hydrogen) atoms. The van der Waals surface area contributed by atoms with Crippen LogP contribution in [0, 0.1) is 5.82 Å². The molecule has 12 heteroatoms. The predicted molar refractivity (Wildman–Crippen MR) is 120 cm³/mol. The van der Waals surface area contributed by atoms with Gasteiger partial charge in [0.05, 0.1) is 12.0 Å². The van der Waals surface area contributed by atoms with Crippen LogP contribution in [-0.4, -0.2) is 33.6 Å². The lowest BCUT2D eigenvalue weighted by Crippen LogP contribution is -2.36. The topological polar surface area (TPSA) is 72.5 Å². The highest BCUT2D eigenvalue weighted by atomic mass is 32.2. The third-order valence-corrected chi connectivity index (χ3v) is 7.01. The van der Waals surface area contributed by atoms with Crippen molar-refractivity contribution >= 4 is 16.0 Å². The van der Waals surface area contributed by atoms with Crippen molar-refractivity contribution in [1.82, 2.24) is 4.72 Å². The zero-order valence-corrected chi connectivity index (χ0v) is 20.3. The number of benzene rings is 2. The molecule has 0 aromatic heterocycles. The summed E-state index contributed by atoms with van der Waals surface area (Å²) in [6.45, 7) is 0. The summed E-state index contributed by atoms with van der Waals surface area (Å²) in [5.41, 5.74) is 1.24. The molecule has 2 aromatic carbocycles. The molecular formula is C24H27F6NO4S. The quantitative estimate of drug-likeness (QED) is 0.190. The molecular weight excluding hydrogens is 512 g/mol. The highest BCUT2D eigenvalue weighted by Crippen LogP contribution is 2.40. The number of alkyl halides is 5. The summed E-state index contributed by atoms with van der Waals surface area (Å²) in [6, 6.07) is 9.31. The third kappa shape index (κ3) is 8.81. The SMILES string of the molecule is COC(=O)CCCCc1ccc(C(CCCC(F)(F)C(F)(F)F)NS(=O)(=O)c2ccc(F)cc2)cc1. The average molecular weight is 540 g/mol. The number of carbonyl (C=O) groups is 1. The van der Waals surface area contributed by atoms with Gasteiger partial charge in [-0.15, -0.1) is 0 Å². The first-order valence-electron chi connectivity index (χ1n) is 11.1. The maximum atomic E-state index is 13.4. The first kappa shape index (κ1) is 29.6. The average Bonchev–Trinajstić information content (AvgIpc) is 2.81. The number of methoxy groups -OCH3 is 1. The maximum absolute atomic E-state index is 13.4. The highest BCUT2D eigenvalue weighted by molar-refractivity contribution is 7.89. The number of nitrogens with one attached hydrogen (secondary N) is 1. The molecule has 0 aliphatic carbocycles. The molecule has 5 nitrogen and oxygen atoms in total. The standard InChI is InChI=1S/C24H27F6NO4S/c1-35-22(32)7-3-2-5-17-8-10-18(11-9-17)21(6-4-16-23(26,27)24(28,29)30)31-36(33,34)20-14-12-19(25)13-15-20/h8-15,21,31H,2-7,16H2,1H3. The van der Waals surface area contributed by atoms with Gasteiger partial charge in [-0.25, -0.2) is 17.5 Å². The van der Waals surface area contributed by atoms with Gasteiger partial charge < -0.3 is 4.74 Å². The van der Waals surface area contributed by atoms with Gasteiger partial charge in [0.2, 0.25) is 10.0 Å². The summed E-state index contributed by atoms with van der Waals surface area (Å²) >= 11 is 0. The zero-order valence-electron chi connectivity index (χ0n) is 19.5. The fourth-order valence-electron chi connectivity index (χ4n) is 3.45. The number of hydrogen-bond donors (Lipinski definition) is 1. The number of aryl methyl sites for hydroxylation is 1. The fraction of sp³-hybridized carbons (Fsp3) is 0.458. The second-order valence-corrected chi connectivity index (χ2v) is 9.96. The smallest absolute Gasteiger partial charge is 0.453 e. The molecule has 0 spiro atoms. The van der Waals surface area contributed by atoms with Crippen molar-refractivity contribution in [2.45, 2.75) is 68.0 Å². The first-order chi connectivity index (χ1) is 16.7. The summed E-state index contributed by atoms with van der Waals surface area (Å²) in [5, 5.41) is 0. The summed E-state index contributed by atoms with van der Waals surface area (Å²) in [4.78, 5) is 10.9. The van der Waals surface area contributed by atoms with Gasteiger partial charge in [-0.3, -0.25) is 4.79 Å². The van der Waals surface area contributed by atoms with Crippen molar-refractivity contribution in [2.75, 3.05) is 7.11 Å². The molecule has 1 atom stereocenters. The molecule has 0 amide bonds. The van der Waals surface area contributed by atoms with E-state index < -0.39 is 46.8 Å². The predicted octanol–water partition coefficient (Wildman–Crippen LogP) is 6.10. The summed E-state index contributed by atoms with van der Waals surface area (Å²) in [6.07, 6.45) is -5.98. The van der Waals surface area contributed by atoms with Crippen molar-refractivity contribution in [3.05, 3.63) is 65.5 Å². The molecule has 0 saturated carbocycles. The molecule has 0 aliphatic heterocycles. The van der Waals surface area contributed by atoms with Crippen LogP contribution in [0.3, 0.4) is 0 Å². The van der Waals surface area contributed by atoms with Crippen molar-refractivity contribution in [2.24, 2.45) is 0 Å². The summed E-state index contributed by atoms with van der Waals surface area (Å²) in [7, 11) is -2.93. The van der Waals surface area contributed by atoms with Crippen LogP contribution in [0.2, 0.25) is 0 Å². The molecule has 2 rings (SSSR count). The van der Waals surface area contributed by atoms with Gasteiger partial charge in [0.1, 0.15) is 5.82 Å². The van der Waals surface area contributed by atoms with Gasteiger partial charge in [-0.1, -0.05) is 24.3 Å². The number of unbranched alkanes of at least 4 members (excludes halogenated alkanes) is 1. The largest absolute Gasteiger partial charge is 0.469 e. The van der Waals surface area contributed by atoms with Gasteiger partial charge in [-0.05, 0) is 67.5 Å². The molecule has 0 radical (unpaired) electrons. The number of esters is 1. The zero-order chi connectivity index (χ0) is 27.0. The Labute approximate surface area is 205 Å². The maximum Gasteiger partial charge on any atom is 0.453 e. The van der Waals surface area contributed by atoms with E-state index in [1.54, 1.807) is 24.3 Å². The molecule has 1 N–H and O–H groups in total. The van der Waals surface area contributed by atoms with E-state index in [0.717, 1.165) is 29.8 Å². The van der Waals surface area contributed by atoms with Crippen LogP contribution in [0.25, 0.3) is 0 Å². The molecule has 2 aromatic rings. The van der Waals surface area contributed by atoms with E-state index in [0.29, 0.717) is 24.8 Å². The van der Waals surface area contributed by atoms with E-state index in [-0.39, 0.29) is 23.7 Å². The number of carbonyl (C=O) groups excluding carboxylic acids is 1. The normalized spacial score (nSPS) is 13.4. The van der Waals surface area contributed by atoms with E-state index in [1.807, 2.05) is 0 Å². The van der Waals surface area contributed by atoms with Crippen LogP contribution >= 0.6 is 0 Å². The first-order valence-corrected chi connectivity index (χ1v) is 12.6. The number of halogens is 6. The number of rotatable bonds is 13. The Morgan fingerprint density at radius 2 is 1.56 bits per heavy atom. The Morgan fingerprint density at radius 1 is 0.944 bits per heavy atom. The molecule has 1 unspecified atom stereocenters. The van der Waals surface area contributed by atoms with Gasteiger partial charge in [0.15, 0.2) is 0 Å². The van der Waals surface area contributed by atoms with Crippen molar-refractivity contribution in [1.29, 1.82) is 0 Å². The Balaban J connectivity index is 2.15. The van der Waals surface area contributed by atoms with Crippen LogP contribution in [0.15, 0.2) is 53.4 Å². The van der Waals surface area contributed by atoms with E-state index >= 15 is 0 Å². The van der Waals surface area contributed by atoms with E-state index in [2.05, 4.69) is 9.46 Å². The van der Waals surface area contributed by atoms with Gasteiger partial charge in [0.25, 0.3) is 0 Å². The lowest BCUT2D eigenvalue weighted by Gasteiger charge is -2.23. The monoisotopic (exact) mass is 539 g/mol. The van der Waals surface area contributed by atoms with E-state index in [4.69, 9.17) is 0 Å². The fourth-order valence-corrected chi connectivity index (χ4v) is 4.71. The Morgan fingerprint density at radius 3 is 2.11 bits per heavy atom. The van der Waals surface area contributed by atoms with Crippen molar-refractivity contribution < 1.29 is 44.3 Å². The number of ether oxygens (including phenoxy) is 1. The Bertz CT molecular complexity index is 1090. The van der Waals surface area contributed by atoms with Crippen LogP contribution < -0.4 is 4.72 Å². The molecule has 0 bridgehead atoms. The Kier molecular flexibility index (Phi) is 10.4. The molecule has 0 heterocycles. The lowest BCUT2D eigenvalue weighted by atomic mass is 9.98. The van der Waals surface area contributed by atoms with Crippen LogP contribution in [0.5, 0.6) is 0 Å². The highest BCUT2D eigenvalue weighted by Gasteiger charge is 2.56. The van der Waals surface area contributed by atoms with Crippen molar-refractivity contribution in [3.8, 4) is 0 Å². The van der Waals surface area contributed by atoms with E-state index in [1.165, 1.54) is 7.11 Å². The summed E-state index contributed by atoms with van der Waals surface area (Å²) in [5.74, 6) is -5.89. The second kappa shape index (κ2) is 12.6. The molecule has 0 aliphatic rings. The molecule has 0 saturated heterocycles. The summed E-state index contributed by atoms with van der Waals surface area (Å²) < 4.78 is 110.